The van der Waals surface area contributed by atoms with Gasteiger partial charge in [-0.3, -0.25) is 0 Å². The van der Waals surface area contributed by atoms with Gasteiger partial charge in [-0.25, -0.2) is 4.98 Å². The molecule has 2 aromatic carbocycles. The second kappa shape index (κ2) is 5.61. The molecular weight excluding hydrogens is 290 g/mol. The number of hydrogen-bond acceptors (Lipinski definition) is 4. The van der Waals surface area contributed by atoms with Crippen molar-refractivity contribution in [3.05, 3.63) is 72.4 Å². The number of hydrogen-bond donors (Lipinski definition) is 0. The Bertz CT molecular complexity index is 942. The Labute approximate surface area is 133 Å². The molecule has 0 fully saturated rings. The van der Waals surface area contributed by atoms with E-state index in [1.807, 2.05) is 25.1 Å². The van der Waals surface area contributed by atoms with Crippen LogP contribution in [-0.2, 0) is 6.61 Å². The molecule has 2 heterocycles. The number of benzene rings is 2. The third kappa shape index (κ3) is 2.68. The second-order valence-corrected chi connectivity index (χ2v) is 5.27. The lowest BCUT2D eigenvalue weighted by Crippen LogP contribution is -2.12. The molecule has 0 bridgehead atoms. The number of aromatic nitrogens is 3. The molecule has 0 aliphatic rings. The van der Waals surface area contributed by atoms with Crippen molar-refractivity contribution in [3.63, 3.8) is 0 Å². The molecule has 0 atom stereocenters. The maximum Gasteiger partial charge on any atom is 0.226 e. The van der Waals surface area contributed by atoms with E-state index in [1.54, 1.807) is 18.5 Å². The molecule has 4 rings (SSSR count). The van der Waals surface area contributed by atoms with Crippen molar-refractivity contribution in [3.8, 4) is 11.5 Å². The van der Waals surface area contributed by atoms with Crippen molar-refractivity contribution >= 4 is 10.8 Å². The third-order valence-electron chi connectivity index (χ3n) is 3.70. The molecule has 114 valence electrons. The van der Waals surface area contributed by atoms with Crippen LogP contribution in [0.15, 0.2) is 65.3 Å². The lowest BCUT2D eigenvalue weighted by atomic mass is 10.1. The highest BCUT2D eigenvalue weighted by atomic mass is 16.7. The first-order valence-corrected chi connectivity index (χ1v) is 7.38. The third-order valence-corrected chi connectivity index (χ3v) is 3.70. The van der Waals surface area contributed by atoms with E-state index in [2.05, 4.69) is 34.3 Å². The fourth-order valence-electron chi connectivity index (χ4n) is 2.47. The van der Waals surface area contributed by atoms with Crippen LogP contribution in [0.2, 0.25) is 0 Å². The van der Waals surface area contributed by atoms with E-state index in [4.69, 9.17) is 9.25 Å². The van der Waals surface area contributed by atoms with E-state index in [9.17, 15) is 0 Å². The summed E-state index contributed by atoms with van der Waals surface area (Å²) in [5.41, 5.74) is 1.72. The molecule has 5 nitrogen and oxygen atoms in total. The minimum Gasteiger partial charge on any atom is -0.441 e. The summed E-state index contributed by atoms with van der Waals surface area (Å²) in [5.74, 6) is 1.35. The molecule has 0 radical (unpaired) electrons. The Hall–Kier alpha value is -3.08. The van der Waals surface area contributed by atoms with Crippen LogP contribution < -0.4 is 4.84 Å². The first-order valence-electron chi connectivity index (χ1n) is 7.38. The lowest BCUT2D eigenvalue weighted by molar-refractivity contribution is 0.0676. The number of fused-ring (bicyclic) bond motifs is 1. The molecule has 23 heavy (non-hydrogen) atoms. The van der Waals surface area contributed by atoms with Crippen molar-refractivity contribution < 1.29 is 9.25 Å². The van der Waals surface area contributed by atoms with Gasteiger partial charge in [0.25, 0.3) is 0 Å². The van der Waals surface area contributed by atoms with Crippen LogP contribution in [-0.4, -0.2) is 14.9 Å². The molecule has 0 amide bonds. The van der Waals surface area contributed by atoms with Crippen LogP contribution in [0.1, 0.15) is 11.5 Å². The van der Waals surface area contributed by atoms with Crippen molar-refractivity contribution in [1.82, 2.24) is 14.9 Å². The van der Waals surface area contributed by atoms with Crippen molar-refractivity contribution in [2.45, 2.75) is 13.5 Å². The topological polar surface area (TPSA) is 53.1 Å². The molecule has 5 heteroatoms. The summed E-state index contributed by atoms with van der Waals surface area (Å²) in [7, 11) is 0. The van der Waals surface area contributed by atoms with E-state index in [0.717, 1.165) is 22.4 Å². The van der Waals surface area contributed by atoms with Crippen LogP contribution in [0, 0.1) is 6.92 Å². The highest BCUT2D eigenvalue weighted by Gasteiger charge is 2.12. The van der Waals surface area contributed by atoms with Gasteiger partial charge in [-0.15, -0.1) is 9.94 Å². The number of aryl methyl sites for hydroxylation is 1. The normalized spacial score (nSPS) is 11.0. The van der Waals surface area contributed by atoms with Crippen LogP contribution in [0.25, 0.3) is 22.2 Å². The Morgan fingerprint density at radius 3 is 2.78 bits per heavy atom. The Balaban J connectivity index is 1.62. The standard InChI is InChI=1S/C18H15N3O2/c1-13-17(12-22-21-10-4-9-19-21)20-18(23-13)16-8-7-14-5-2-3-6-15(14)11-16/h2-11H,12H2,1H3. The monoisotopic (exact) mass is 305 g/mol. The summed E-state index contributed by atoms with van der Waals surface area (Å²) in [6, 6.07) is 16.2. The average molecular weight is 305 g/mol. The molecule has 0 aliphatic heterocycles. The van der Waals surface area contributed by atoms with Gasteiger partial charge in [0.15, 0.2) is 6.61 Å². The number of nitrogens with zero attached hydrogens (tertiary/aromatic N) is 3. The first-order chi connectivity index (χ1) is 11.3. The number of rotatable bonds is 4. The van der Waals surface area contributed by atoms with Gasteiger partial charge < -0.3 is 9.25 Å². The van der Waals surface area contributed by atoms with Crippen LogP contribution in [0.5, 0.6) is 0 Å². The average Bonchev–Trinajstić information content (AvgIpc) is 3.22. The Morgan fingerprint density at radius 1 is 1.09 bits per heavy atom. The van der Waals surface area contributed by atoms with E-state index in [-0.39, 0.29) is 0 Å². The first kappa shape index (κ1) is 13.6. The molecule has 0 saturated carbocycles. The molecule has 2 aromatic heterocycles. The van der Waals surface area contributed by atoms with Gasteiger partial charge in [-0.1, -0.05) is 30.3 Å². The maximum absolute atomic E-state index is 5.80. The molecular formula is C18H15N3O2. The molecule has 0 aliphatic carbocycles. The second-order valence-electron chi connectivity index (χ2n) is 5.27. The van der Waals surface area contributed by atoms with Gasteiger partial charge in [0.2, 0.25) is 5.89 Å². The van der Waals surface area contributed by atoms with E-state index in [0.29, 0.717) is 12.5 Å². The zero-order valence-electron chi connectivity index (χ0n) is 12.6. The zero-order chi connectivity index (χ0) is 15.6. The van der Waals surface area contributed by atoms with Gasteiger partial charge in [-0.2, -0.15) is 0 Å². The largest absolute Gasteiger partial charge is 0.441 e. The zero-order valence-corrected chi connectivity index (χ0v) is 12.6. The predicted molar refractivity (Wildman–Crippen MR) is 86.7 cm³/mol. The van der Waals surface area contributed by atoms with Gasteiger partial charge in [0.05, 0.1) is 12.4 Å². The van der Waals surface area contributed by atoms with Gasteiger partial charge in [-0.05, 0) is 35.9 Å². The van der Waals surface area contributed by atoms with Crippen LogP contribution in [0.3, 0.4) is 0 Å². The minimum absolute atomic E-state index is 0.310. The van der Waals surface area contributed by atoms with Gasteiger partial charge in [0.1, 0.15) is 11.5 Å². The van der Waals surface area contributed by atoms with E-state index >= 15 is 0 Å². The van der Waals surface area contributed by atoms with E-state index in [1.165, 1.54) is 10.2 Å². The maximum atomic E-state index is 5.80. The highest BCUT2D eigenvalue weighted by Crippen LogP contribution is 2.25. The van der Waals surface area contributed by atoms with Crippen molar-refractivity contribution in [2.24, 2.45) is 0 Å². The fraction of sp³-hybridized carbons (Fsp3) is 0.111. The van der Waals surface area contributed by atoms with Crippen molar-refractivity contribution in [2.75, 3.05) is 0 Å². The van der Waals surface area contributed by atoms with Crippen molar-refractivity contribution in [1.29, 1.82) is 0 Å². The summed E-state index contributed by atoms with van der Waals surface area (Å²) in [6.07, 6.45) is 3.40. The molecule has 4 aromatic rings. The molecule has 0 unspecified atom stereocenters. The quantitative estimate of drug-likeness (QED) is 0.578. The minimum atomic E-state index is 0.310. The summed E-state index contributed by atoms with van der Waals surface area (Å²) in [5, 5.41) is 6.35. The highest BCUT2D eigenvalue weighted by molar-refractivity contribution is 5.86. The summed E-state index contributed by atoms with van der Waals surface area (Å²) in [4.78, 5) is 11.5. The lowest BCUT2D eigenvalue weighted by Gasteiger charge is -2.01. The fourth-order valence-corrected chi connectivity index (χ4v) is 2.47. The van der Waals surface area contributed by atoms with Gasteiger partial charge in [0, 0.05) is 5.56 Å². The van der Waals surface area contributed by atoms with Crippen LogP contribution >= 0.6 is 0 Å². The molecule has 0 spiro atoms. The summed E-state index contributed by atoms with van der Waals surface area (Å²) >= 11 is 0. The predicted octanol–water partition coefficient (Wildman–Crippen LogP) is 3.63. The SMILES string of the molecule is Cc1oc(-c2ccc3ccccc3c2)nc1COn1cccn1. The molecule has 0 saturated heterocycles. The smallest absolute Gasteiger partial charge is 0.226 e. The van der Waals surface area contributed by atoms with E-state index < -0.39 is 0 Å². The Kier molecular flexibility index (Phi) is 3.31. The van der Waals surface area contributed by atoms with Crippen LogP contribution in [0.4, 0.5) is 0 Å². The van der Waals surface area contributed by atoms with Gasteiger partial charge >= 0.3 is 0 Å². The Morgan fingerprint density at radius 2 is 1.96 bits per heavy atom. The summed E-state index contributed by atoms with van der Waals surface area (Å²) < 4.78 is 5.80. The molecule has 0 N–H and O–H groups in total. The summed E-state index contributed by atoms with van der Waals surface area (Å²) in [6.45, 7) is 2.20. The number of oxazole rings is 1.